The Balaban J connectivity index is 1.91. The Labute approximate surface area is 114 Å². The summed E-state index contributed by atoms with van der Waals surface area (Å²) in [5.74, 6) is 1.95. The van der Waals surface area contributed by atoms with Gasteiger partial charge in [0.2, 0.25) is 0 Å². The van der Waals surface area contributed by atoms with Crippen molar-refractivity contribution in [1.82, 2.24) is 9.78 Å². The Hall–Kier alpha value is -0.640. The van der Waals surface area contributed by atoms with Gasteiger partial charge >= 0.3 is 0 Å². The number of hydrogen-bond donors (Lipinski definition) is 0. The summed E-state index contributed by atoms with van der Waals surface area (Å²) in [5, 5.41) is 6.05. The molecule has 1 aliphatic rings. The first-order valence-corrected chi connectivity index (χ1v) is 7.21. The largest absolute Gasteiger partial charge is 0.249 e. The number of thioether (sulfide) groups is 1. The highest BCUT2D eigenvalue weighted by atomic mass is 35.5. The first-order valence-electron chi connectivity index (χ1n) is 5.30. The molecule has 1 aliphatic heterocycles. The van der Waals surface area contributed by atoms with E-state index in [1.54, 1.807) is 0 Å². The van der Waals surface area contributed by atoms with Crippen molar-refractivity contribution in [3.05, 3.63) is 51.3 Å². The van der Waals surface area contributed by atoms with Crippen LogP contribution in [0.1, 0.15) is 16.8 Å². The van der Waals surface area contributed by atoms with Gasteiger partial charge in [-0.3, -0.25) is 0 Å². The Kier molecular flexibility index (Phi) is 3.07. The third-order valence-corrected chi connectivity index (χ3v) is 4.40. The summed E-state index contributed by atoms with van der Waals surface area (Å²) in [6.45, 7) is 0.678. The van der Waals surface area contributed by atoms with Crippen molar-refractivity contribution < 1.29 is 0 Å². The number of hydrogen-bond acceptors (Lipinski definition) is 2. The van der Waals surface area contributed by atoms with Crippen LogP contribution in [-0.2, 0) is 18.1 Å². The maximum atomic E-state index is 6.31. The standard InChI is InChI=1S/C12H10Cl2N2S/c13-9-3-1-2-8(4-9)5-16-12(14)10-6-17-7-11(10)15-16/h1-4H,5-7H2. The third kappa shape index (κ3) is 2.19. The molecule has 2 heterocycles. The summed E-state index contributed by atoms with van der Waals surface area (Å²) >= 11 is 14.1. The monoisotopic (exact) mass is 284 g/mol. The number of benzene rings is 1. The third-order valence-electron chi connectivity index (χ3n) is 2.77. The highest BCUT2D eigenvalue weighted by Gasteiger charge is 2.21. The number of aromatic nitrogens is 2. The molecule has 0 saturated carbocycles. The van der Waals surface area contributed by atoms with Crippen LogP contribution in [0, 0.1) is 0 Å². The lowest BCUT2D eigenvalue weighted by Crippen LogP contribution is -2.02. The van der Waals surface area contributed by atoms with E-state index in [1.807, 2.05) is 40.7 Å². The summed E-state index contributed by atoms with van der Waals surface area (Å²) in [4.78, 5) is 0. The van der Waals surface area contributed by atoms with E-state index in [0.29, 0.717) is 6.54 Å². The lowest BCUT2D eigenvalue weighted by Gasteiger charge is -2.05. The zero-order valence-corrected chi connectivity index (χ0v) is 11.3. The molecule has 0 bridgehead atoms. The van der Waals surface area contributed by atoms with Crippen LogP contribution in [0.5, 0.6) is 0 Å². The number of nitrogens with zero attached hydrogens (tertiary/aromatic N) is 2. The van der Waals surface area contributed by atoms with Gasteiger partial charge in [0.25, 0.3) is 0 Å². The Morgan fingerprint density at radius 1 is 1.29 bits per heavy atom. The Bertz CT molecular complexity index is 566. The SMILES string of the molecule is Clc1cccc(Cn2nc3c(c2Cl)CSC3)c1. The molecular weight excluding hydrogens is 275 g/mol. The molecule has 0 radical (unpaired) electrons. The van der Waals surface area contributed by atoms with Crippen molar-refractivity contribution in [2.24, 2.45) is 0 Å². The Morgan fingerprint density at radius 2 is 2.18 bits per heavy atom. The maximum absolute atomic E-state index is 6.31. The van der Waals surface area contributed by atoms with E-state index in [2.05, 4.69) is 5.10 Å². The summed E-state index contributed by atoms with van der Waals surface area (Å²) in [7, 11) is 0. The number of rotatable bonds is 2. The van der Waals surface area contributed by atoms with Gasteiger partial charge in [0, 0.05) is 22.1 Å². The summed E-state index contributed by atoms with van der Waals surface area (Å²) in [6.07, 6.45) is 0. The van der Waals surface area contributed by atoms with E-state index in [9.17, 15) is 0 Å². The van der Waals surface area contributed by atoms with Gasteiger partial charge in [-0.05, 0) is 17.7 Å². The van der Waals surface area contributed by atoms with E-state index < -0.39 is 0 Å². The van der Waals surface area contributed by atoms with Crippen LogP contribution >= 0.6 is 35.0 Å². The molecule has 1 aromatic carbocycles. The van der Waals surface area contributed by atoms with Crippen molar-refractivity contribution in [2.45, 2.75) is 18.1 Å². The molecule has 0 aliphatic carbocycles. The zero-order chi connectivity index (χ0) is 11.8. The van der Waals surface area contributed by atoms with Gasteiger partial charge in [0.05, 0.1) is 12.2 Å². The molecule has 0 atom stereocenters. The second-order valence-electron chi connectivity index (χ2n) is 4.00. The van der Waals surface area contributed by atoms with E-state index in [-0.39, 0.29) is 0 Å². The van der Waals surface area contributed by atoms with Crippen molar-refractivity contribution >= 4 is 35.0 Å². The maximum Gasteiger partial charge on any atom is 0.131 e. The number of fused-ring (bicyclic) bond motifs is 1. The van der Waals surface area contributed by atoms with Gasteiger partial charge in [0.15, 0.2) is 0 Å². The topological polar surface area (TPSA) is 17.8 Å². The molecular formula is C12H10Cl2N2S. The molecule has 17 heavy (non-hydrogen) atoms. The van der Waals surface area contributed by atoms with Crippen molar-refractivity contribution in [3.63, 3.8) is 0 Å². The fraction of sp³-hybridized carbons (Fsp3) is 0.250. The summed E-state index contributed by atoms with van der Waals surface area (Å²) < 4.78 is 1.86. The minimum atomic E-state index is 0.678. The van der Waals surface area contributed by atoms with Gasteiger partial charge in [-0.15, -0.1) is 0 Å². The molecule has 5 heteroatoms. The van der Waals surface area contributed by atoms with E-state index in [4.69, 9.17) is 23.2 Å². The lowest BCUT2D eigenvalue weighted by atomic mass is 10.2. The second kappa shape index (κ2) is 4.56. The van der Waals surface area contributed by atoms with Crippen LogP contribution in [0.3, 0.4) is 0 Å². The molecule has 0 saturated heterocycles. The molecule has 0 N–H and O–H groups in total. The highest BCUT2D eigenvalue weighted by molar-refractivity contribution is 7.98. The van der Waals surface area contributed by atoms with Crippen LogP contribution in [0.15, 0.2) is 24.3 Å². The van der Waals surface area contributed by atoms with Crippen LogP contribution < -0.4 is 0 Å². The molecule has 1 aromatic heterocycles. The normalized spacial score (nSPS) is 14.0. The van der Waals surface area contributed by atoms with E-state index in [0.717, 1.165) is 32.9 Å². The van der Waals surface area contributed by atoms with Crippen LogP contribution in [0.25, 0.3) is 0 Å². The van der Waals surface area contributed by atoms with Crippen LogP contribution in [0.4, 0.5) is 0 Å². The minimum Gasteiger partial charge on any atom is -0.249 e. The van der Waals surface area contributed by atoms with Crippen molar-refractivity contribution in [1.29, 1.82) is 0 Å². The molecule has 2 aromatic rings. The quantitative estimate of drug-likeness (QED) is 0.830. The molecule has 3 rings (SSSR count). The van der Waals surface area contributed by atoms with Crippen LogP contribution in [0.2, 0.25) is 10.2 Å². The highest BCUT2D eigenvalue weighted by Crippen LogP contribution is 2.34. The predicted molar refractivity (Wildman–Crippen MR) is 72.8 cm³/mol. The molecule has 88 valence electrons. The molecule has 2 nitrogen and oxygen atoms in total. The van der Waals surface area contributed by atoms with Gasteiger partial charge < -0.3 is 0 Å². The fourth-order valence-electron chi connectivity index (χ4n) is 1.95. The molecule has 0 unspecified atom stereocenters. The lowest BCUT2D eigenvalue weighted by molar-refractivity contribution is 0.679. The molecule has 0 spiro atoms. The first-order chi connectivity index (χ1) is 8.24. The average molecular weight is 285 g/mol. The van der Waals surface area contributed by atoms with Gasteiger partial charge in [-0.2, -0.15) is 16.9 Å². The molecule has 0 amide bonds. The summed E-state index contributed by atoms with van der Waals surface area (Å²) in [6, 6.07) is 7.79. The zero-order valence-electron chi connectivity index (χ0n) is 8.99. The van der Waals surface area contributed by atoms with Crippen molar-refractivity contribution in [3.8, 4) is 0 Å². The average Bonchev–Trinajstić information content (AvgIpc) is 2.84. The second-order valence-corrected chi connectivity index (χ2v) is 5.78. The van der Waals surface area contributed by atoms with E-state index >= 15 is 0 Å². The summed E-state index contributed by atoms with van der Waals surface area (Å²) in [5.41, 5.74) is 3.44. The van der Waals surface area contributed by atoms with E-state index in [1.165, 1.54) is 5.56 Å². The minimum absolute atomic E-state index is 0.678. The number of halogens is 2. The smallest absolute Gasteiger partial charge is 0.131 e. The van der Waals surface area contributed by atoms with Gasteiger partial charge in [-0.25, -0.2) is 4.68 Å². The fourth-order valence-corrected chi connectivity index (χ4v) is 3.55. The first kappa shape index (κ1) is 11.5. The van der Waals surface area contributed by atoms with Crippen molar-refractivity contribution in [2.75, 3.05) is 0 Å². The van der Waals surface area contributed by atoms with Gasteiger partial charge in [0.1, 0.15) is 5.15 Å². The predicted octanol–water partition coefficient (Wildman–Crippen LogP) is 3.99. The van der Waals surface area contributed by atoms with Gasteiger partial charge in [-0.1, -0.05) is 35.3 Å². The van der Waals surface area contributed by atoms with Crippen LogP contribution in [-0.4, -0.2) is 9.78 Å². The molecule has 0 fully saturated rings. The Morgan fingerprint density at radius 3 is 2.94 bits per heavy atom.